The van der Waals surface area contributed by atoms with Gasteiger partial charge in [-0.05, 0) is 19.1 Å². The number of carboxylic acids is 1. The molecule has 0 saturated carbocycles. The zero-order chi connectivity index (χ0) is 20.1. The minimum atomic E-state index is -1.69. The molecule has 0 aliphatic rings. The lowest BCUT2D eigenvalue weighted by Gasteiger charge is -2.18. The maximum Gasteiger partial charge on any atom is 0.354 e. The fraction of sp³-hybridized carbons (Fsp3) is 0.188. The van der Waals surface area contributed by atoms with Crippen LogP contribution in [-0.2, 0) is 9.53 Å². The topological polar surface area (TPSA) is 118 Å². The van der Waals surface area contributed by atoms with Gasteiger partial charge in [-0.1, -0.05) is 23.2 Å². The molecule has 142 valence electrons. The highest BCUT2D eigenvalue weighted by Crippen LogP contribution is 2.28. The maximum absolute atomic E-state index is 14.0. The Hall–Kier alpha value is -2.78. The van der Waals surface area contributed by atoms with Gasteiger partial charge in [0.05, 0.1) is 40.3 Å². The second kappa shape index (κ2) is 8.74. The fourth-order valence-corrected chi connectivity index (χ4v) is 2.39. The van der Waals surface area contributed by atoms with E-state index in [0.29, 0.717) is 0 Å². The van der Waals surface area contributed by atoms with Crippen LogP contribution in [-0.4, -0.2) is 45.4 Å². The summed E-state index contributed by atoms with van der Waals surface area (Å²) >= 11 is 11.7. The number of nitrogens with one attached hydrogen (secondary N) is 1. The Balaban J connectivity index is 2.40. The lowest BCUT2D eigenvalue weighted by Crippen LogP contribution is -2.39. The van der Waals surface area contributed by atoms with E-state index in [9.17, 15) is 18.8 Å². The van der Waals surface area contributed by atoms with Gasteiger partial charge in [0.1, 0.15) is 5.69 Å². The molecule has 0 aliphatic heterocycles. The number of hydrogen-bond acceptors (Lipinski definition) is 7. The minimum Gasteiger partial charge on any atom is -0.477 e. The predicted molar refractivity (Wildman–Crippen MR) is 93.8 cm³/mol. The van der Waals surface area contributed by atoms with Crippen molar-refractivity contribution in [2.24, 2.45) is 0 Å². The molecule has 2 aromatic heterocycles. The summed E-state index contributed by atoms with van der Waals surface area (Å²) in [6, 6.07) is 0.755. The van der Waals surface area contributed by atoms with E-state index < -0.39 is 40.3 Å². The maximum atomic E-state index is 14.0. The number of ether oxygens (including phenoxy) is 1. The molecule has 2 N–H and O–H groups in total. The number of nitrogens with zero attached hydrogens (tertiary/aromatic N) is 2. The van der Waals surface area contributed by atoms with E-state index in [0.717, 1.165) is 18.5 Å². The largest absolute Gasteiger partial charge is 0.477 e. The number of hydrogen-bond donors (Lipinski definition) is 2. The van der Waals surface area contributed by atoms with Crippen LogP contribution in [0.1, 0.15) is 27.8 Å². The third kappa shape index (κ3) is 4.69. The normalized spacial score (nSPS) is 11.6. The number of Topliss-reactive ketones (excluding diaryl/α,β-unsaturated/α-hetero) is 1. The van der Waals surface area contributed by atoms with E-state index in [2.05, 4.69) is 15.3 Å². The third-order valence-corrected chi connectivity index (χ3v) is 4.03. The quantitative estimate of drug-likeness (QED) is 0.306. The summed E-state index contributed by atoms with van der Waals surface area (Å²) in [6.45, 7) is 1.49. The fourth-order valence-electron chi connectivity index (χ4n) is 2.03. The number of carbonyl (C=O) groups excluding carboxylic acids is 2. The van der Waals surface area contributed by atoms with Crippen LogP contribution in [0, 0.1) is 5.95 Å². The molecule has 1 atom stereocenters. The smallest absolute Gasteiger partial charge is 0.354 e. The van der Waals surface area contributed by atoms with E-state index in [1.54, 1.807) is 0 Å². The molecular formula is C16H12Cl2FN3O5. The van der Waals surface area contributed by atoms with Gasteiger partial charge in [0.25, 0.3) is 0 Å². The third-order valence-electron chi connectivity index (χ3n) is 3.25. The first-order valence-corrected chi connectivity index (χ1v) is 8.18. The van der Waals surface area contributed by atoms with Crippen molar-refractivity contribution in [2.75, 3.05) is 11.9 Å². The van der Waals surface area contributed by atoms with Crippen molar-refractivity contribution in [2.45, 2.75) is 13.0 Å². The number of ketones is 1. The summed E-state index contributed by atoms with van der Waals surface area (Å²) in [5.74, 6) is -4.52. The Labute approximate surface area is 162 Å². The standard InChI is InChI=1S/C16H12Cl2FN3O5/c1-2-27-16(26)12(22-7-3-4-9(15(24)25)20-5-7)13(23)10-11(18)8(17)6-21-14(10)19/h3-6,12,22H,2H2,1H3,(H,24,25). The van der Waals surface area contributed by atoms with E-state index in [-0.39, 0.29) is 23.0 Å². The van der Waals surface area contributed by atoms with Crippen LogP contribution in [0.25, 0.3) is 0 Å². The molecule has 0 aliphatic carbocycles. The van der Waals surface area contributed by atoms with Gasteiger partial charge < -0.3 is 15.2 Å². The van der Waals surface area contributed by atoms with Crippen molar-refractivity contribution < 1.29 is 28.6 Å². The Morgan fingerprint density at radius 1 is 1.26 bits per heavy atom. The van der Waals surface area contributed by atoms with Gasteiger partial charge in [-0.25, -0.2) is 19.6 Å². The average molecular weight is 416 g/mol. The van der Waals surface area contributed by atoms with Crippen LogP contribution in [0.3, 0.4) is 0 Å². The molecule has 2 aromatic rings. The van der Waals surface area contributed by atoms with Gasteiger partial charge in [-0.15, -0.1) is 0 Å². The molecule has 27 heavy (non-hydrogen) atoms. The van der Waals surface area contributed by atoms with Gasteiger partial charge in [0.15, 0.2) is 6.04 Å². The number of pyridine rings is 2. The van der Waals surface area contributed by atoms with E-state index in [1.165, 1.54) is 13.0 Å². The van der Waals surface area contributed by atoms with Crippen LogP contribution in [0.2, 0.25) is 10.0 Å². The molecule has 0 radical (unpaired) electrons. The number of aromatic carboxylic acids is 1. The monoisotopic (exact) mass is 415 g/mol. The molecule has 0 fully saturated rings. The summed E-state index contributed by atoms with van der Waals surface area (Å²) in [5, 5.41) is 10.8. The molecule has 0 saturated heterocycles. The second-order valence-electron chi connectivity index (χ2n) is 5.02. The molecule has 2 rings (SSSR count). The summed E-state index contributed by atoms with van der Waals surface area (Å²) in [4.78, 5) is 42.8. The minimum absolute atomic E-state index is 0.0372. The molecular weight excluding hydrogens is 404 g/mol. The summed E-state index contributed by atoms with van der Waals surface area (Å²) < 4.78 is 18.9. The van der Waals surface area contributed by atoms with Crippen molar-refractivity contribution >= 4 is 46.6 Å². The molecule has 0 spiro atoms. The summed E-state index contributed by atoms with van der Waals surface area (Å²) in [5.41, 5.74) is -0.796. The van der Waals surface area contributed by atoms with Crippen LogP contribution in [0.5, 0.6) is 0 Å². The van der Waals surface area contributed by atoms with Crippen molar-refractivity contribution in [3.05, 3.63) is 51.8 Å². The average Bonchev–Trinajstić information content (AvgIpc) is 2.63. The number of carbonyl (C=O) groups is 3. The first kappa shape index (κ1) is 20.5. The number of anilines is 1. The van der Waals surface area contributed by atoms with Crippen molar-refractivity contribution in [1.82, 2.24) is 9.97 Å². The van der Waals surface area contributed by atoms with Crippen LogP contribution in [0.4, 0.5) is 10.1 Å². The number of halogens is 3. The van der Waals surface area contributed by atoms with Gasteiger partial charge in [-0.2, -0.15) is 4.39 Å². The van der Waals surface area contributed by atoms with E-state index in [4.69, 9.17) is 33.0 Å². The van der Waals surface area contributed by atoms with Crippen molar-refractivity contribution in [1.29, 1.82) is 0 Å². The molecule has 0 amide bonds. The highest BCUT2D eigenvalue weighted by Gasteiger charge is 2.33. The SMILES string of the molecule is CCOC(=O)C(Nc1ccc(C(=O)O)nc1)C(=O)c1c(F)ncc(Cl)c1Cl. The molecule has 8 nitrogen and oxygen atoms in total. The first-order chi connectivity index (χ1) is 12.8. The molecule has 11 heteroatoms. The van der Waals surface area contributed by atoms with Crippen molar-refractivity contribution in [3.8, 4) is 0 Å². The summed E-state index contributed by atoms with van der Waals surface area (Å²) in [7, 11) is 0. The molecule has 0 aromatic carbocycles. The van der Waals surface area contributed by atoms with E-state index in [1.807, 2.05) is 0 Å². The zero-order valence-corrected chi connectivity index (χ0v) is 15.2. The van der Waals surface area contributed by atoms with E-state index >= 15 is 0 Å². The molecule has 2 heterocycles. The zero-order valence-electron chi connectivity index (χ0n) is 13.7. The van der Waals surface area contributed by atoms with Crippen LogP contribution in [0.15, 0.2) is 24.5 Å². The number of carboxylic acid groups (broad SMARTS) is 1. The predicted octanol–water partition coefficient (Wildman–Crippen LogP) is 2.85. The van der Waals surface area contributed by atoms with Gasteiger partial charge >= 0.3 is 11.9 Å². The van der Waals surface area contributed by atoms with Crippen LogP contribution < -0.4 is 5.32 Å². The summed E-state index contributed by atoms with van der Waals surface area (Å²) in [6.07, 6.45) is 2.02. The van der Waals surface area contributed by atoms with Crippen LogP contribution >= 0.6 is 23.2 Å². The first-order valence-electron chi connectivity index (χ1n) is 7.42. The number of esters is 1. The molecule has 0 bridgehead atoms. The Morgan fingerprint density at radius 3 is 2.52 bits per heavy atom. The molecule has 1 unspecified atom stereocenters. The van der Waals surface area contributed by atoms with Gasteiger partial charge in [0, 0.05) is 0 Å². The number of rotatable bonds is 7. The second-order valence-corrected chi connectivity index (χ2v) is 5.80. The Morgan fingerprint density at radius 2 is 1.96 bits per heavy atom. The van der Waals surface area contributed by atoms with Crippen molar-refractivity contribution in [3.63, 3.8) is 0 Å². The van der Waals surface area contributed by atoms with Gasteiger partial charge in [-0.3, -0.25) is 4.79 Å². The lowest BCUT2D eigenvalue weighted by atomic mass is 10.1. The highest BCUT2D eigenvalue weighted by atomic mass is 35.5. The highest BCUT2D eigenvalue weighted by molar-refractivity contribution is 6.44. The van der Waals surface area contributed by atoms with Gasteiger partial charge in [0.2, 0.25) is 11.7 Å². The number of aromatic nitrogens is 2. The Bertz CT molecular complexity index is 892. The lowest BCUT2D eigenvalue weighted by molar-refractivity contribution is -0.142. The Kier molecular flexibility index (Phi) is 6.65.